The van der Waals surface area contributed by atoms with Gasteiger partial charge in [0.1, 0.15) is 6.54 Å². The van der Waals surface area contributed by atoms with Crippen LogP contribution in [-0.4, -0.2) is 31.5 Å². The highest BCUT2D eigenvalue weighted by atomic mass is 127. The number of benzene rings is 1. The van der Waals surface area contributed by atoms with Gasteiger partial charge < -0.3 is 34.2 Å². The van der Waals surface area contributed by atoms with E-state index in [-0.39, 0.29) is 29.9 Å². The zero-order valence-corrected chi connectivity index (χ0v) is 12.2. The first-order valence-corrected chi connectivity index (χ1v) is 5.04. The van der Waals surface area contributed by atoms with Gasteiger partial charge in [-0.2, -0.15) is 0 Å². The van der Waals surface area contributed by atoms with E-state index in [0.29, 0.717) is 6.42 Å². The smallest absolute Gasteiger partial charge is 0.221 e. The van der Waals surface area contributed by atoms with Gasteiger partial charge in [-0.3, -0.25) is 4.79 Å². The number of carbonyl (C=O) groups excluding carboxylic acids is 1. The van der Waals surface area contributed by atoms with Crippen molar-refractivity contribution in [3.8, 4) is 0 Å². The van der Waals surface area contributed by atoms with Gasteiger partial charge in [0.15, 0.2) is 0 Å². The van der Waals surface area contributed by atoms with Crippen molar-refractivity contribution < 1.29 is 33.3 Å². The lowest BCUT2D eigenvalue weighted by molar-refractivity contribution is -0.884. The Balaban J connectivity index is 0.00000225. The quantitative estimate of drug-likeness (QED) is 0.499. The summed E-state index contributed by atoms with van der Waals surface area (Å²) in [6.45, 7) is 0.906. The molecule has 1 amide bonds. The number of primary amides is 1. The first-order chi connectivity index (χ1) is 6.88. The van der Waals surface area contributed by atoms with Crippen molar-refractivity contribution in [3.05, 3.63) is 35.4 Å². The molecule has 0 bridgehead atoms. The molecule has 0 radical (unpaired) electrons. The molecule has 0 aromatic heterocycles. The maximum atomic E-state index is 10.9. The molecule has 0 heterocycles. The molecule has 0 spiro atoms. The number of halogens is 1. The maximum absolute atomic E-state index is 10.9. The molecule has 0 atom stereocenters. The Morgan fingerprint density at radius 1 is 1.19 bits per heavy atom. The highest BCUT2D eigenvalue weighted by Crippen LogP contribution is 2.13. The Kier molecular flexibility index (Phi) is 5.96. The van der Waals surface area contributed by atoms with E-state index in [4.69, 9.17) is 5.73 Å². The molecule has 90 valence electrons. The summed E-state index contributed by atoms with van der Waals surface area (Å²) in [6.07, 6.45) is 0.330. The van der Waals surface area contributed by atoms with Crippen LogP contribution in [0.1, 0.15) is 11.1 Å². The van der Waals surface area contributed by atoms with Gasteiger partial charge in [0.05, 0.1) is 27.6 Å². The summed E-state index contributed by atoms with van der Waals surface area (Å²) in [5.41, 5.74) is 7.45. The van der Waals surface area contributed by atoms with Gasteiger partial charge in [-0.1, -0.05) is 24.3 Å². The van der Waals surface area contributed by atoms with Gasteiger partial charge in [-0.05, 0) is 5.56 Å². The molecule has 0 aliphatic heterocycles. The lowest BCUT2D eigenvalue weighted by atomic mass is 10.0. The molecule has 0 saturated heterocycles. The fraction of sp³-hybridized carbons (Fsp3) is 0.417. The molecule has 0 aliphatic rings. The molecule has 0 saturated carbocycles. The third kappa shape index (κ3) is 5.46. The van der Waals surface area contributed by atoms with Gasteiger partial charge in [0, 0.05) is 5.56 Å². The first-order valence-electron chi connectivity index (χ1n) is 5.04. The molecule has 0 unspecified atom stereocenters. The molecule has 1 aromatic rings. The second-order valence-corrected chi connectivity index (χ2v) is 4.86. The third-order valence-corrected chi connectivity index (χ3v) is 2.13. The predicted molar refractivity (Wildman–Crippen MR) is 61.1 cm³/mol. The van der Waals surface area contributed by atoms with Crippen LogP contribution in [-0.2, 0) is 17.8 Å². The number of nitrogens with zero attached hydrogens (tertiary/aromatic N) is 1. The normalized spacial score (nSPS) is 10.7. The number of amides is 1. The topological polar surface area (TPSA) is 43.1 Å². The Morgan fingerprint density at radius 2 is 1.69 bits per heavy atom. The predicted octanol–water partition coefficient (Wildman–Crippen LogP) is -2.08. The van der Waals surface area contributed by atoms with Crippen molar-refractivity contribution in [3.63, 3.8) is 0 Å². The minimum atomic E-state index is -0.274. The van der Waals surface area contributed by atoms with Crippen molar-refractivity contribution in [2.45, 2.75) is 13.0 Å². The second kappa shape index (κ2) is 6.20. The maximum Gasteiger partial charge on any atom is 0.221 e. The van der Waals surface area contributed by atoms with E-state index in [0.717, 1.165) is 16.6 Å². The van der Waals surface area contributed by atoms with Crippen molar-refractivity contribution in [2.24, 2.45) is 5.73 Å². The number of hydrogen-bond acceptors (Lipinski definition) is 1. The second-order valence-electron chi connectivity index (χ2n) is 4.86. The first kappa shape index (κ1) is 15.4. The van der Waals surface area contributed by atoms with Gasteiger partial charge >= 0.3 is 0 Å². The van der Waals surface area contributed by atoms with Crippen LogP contribution in [0.3, 0.4) is 0 Å². The Bertz CT molecular complexity index is 358. The molecular weight excluding hydrogens is 315 g/mol. The molecule has 3 nitrogen and oxygen atoms in total. The molecule has 16 heavy (non-hydrogen) atoms. The Hall–Kier alpha value is -0.620. The van der Waals surface area contributed by atoms with Gasteiger partial charge in [0.2, 0.25) is 5.91 Å². The van der Waals surface area contributed by atoms with E-state index < -0.39 is 0 Å². The van der Waals surface area contributed by atoms with Crippen LogP contribution in [0.4, 0.5) is 0 Å². The minimum absolute atomic E-state index is 0. The molecule has 4 heteroatoms. The van der Waals surface area contributed by atoms with Crippen LogP contribution >= 0.6 is 0 Å². The summed E-state index contributed by atoms with van der Waals surface area (Å²) < 4.78 is 0.843. The summed E-state index contributed by atoms with van der Waals surface area (Å²) in [5.74, 6) is -0.274. The summed E-state index contributed by atoms with van der Waals surface area (Å²) in [6, 6.07) is 7.96. The lowest BCUT2D eigenvalue weighted by Gasteiger charge is -2.25. The third-order valence-electron chi connectivity index (χ3n) is 2.13. The van der Waals surface area contributed by atoms with Crippen LogP contribution < -0.4 is 29.7 Å². The molecule has 1 rings (SSSR count). The van der Waals surface area contributed by atoms with Crippen LogP contribution in [0.5, 0.6) is 0 Å². The van der Waals surface area contributed by atoms with Crippen molar-refractivity contribution >= 4 is 5.91 Å². The number of nitrogens with two attached hydrogens (primary N) is 1. The van der Waals surface area contributed by atoms with Gasteiger partial charge in [0.25, 0.3) is 0 Å². The highest BCUT2D eigenvalue weighted by Gasteiger charge is 2.12. The summed E-state index contributed by atoms with van der Waals surface area (Å²) in [7, 11) is 6.38. The molecule has 0 aliphatic carbocycles. The Labute approximate surface area is 114 Å². The summed E-state index contributed by atoms with van der Waals surface area (Å²) >= 11 is 0. The van der Waals surface area contributed by atoms with E-state index in [1.54, 1.807) is 0 Å². The molecule has 2 N–H and O–H groups in total. The van der Waals surface area contributed by atoms with Crippen LogP contribution in [0.15, 0.2) is 24.3 Å². The van der Waals surface area contributed by atoms with Crippen LogP contribution in [0, 0.1) is 0 Å². The molecule has 1 aromatic carbocycles. The highest BCUT2D eigenvalue weighted by molar-refractivity contribution is 5.76. The van der Waals surface area contributed by atoms with Crippen molar-refractivity contribution in [1.29, 1.82) is 0 Å². The minimum Gasteiger partial charge on any atom is -1.00 e. The fourth-order valence-corrected chi connectivity index (χ4v) is 1.58. The van der Waals surface area contributed by atoms with Crippen molar-refractivity contribution in [1.82, 2.24) is 0 Å². The number of rotatable bonds is 4. The lowest BCUT2D eigenvalue weighted by Crippen LogP contribution is -3.00. The zero-order valence-electron chi connectivity index (χ0n) is 10.0. The van der Waals surface area contributed by atoms with Crippen molar-refractivity contribution in [2.75, 3.05) is 21.1 Å². The van der Waals surface area contributed by atoms with E-state index >= 15 is 0 Å². The number of hydrogen-bond donors (Lipinski definition) is 1. The van der Waals surface area contributed by atoms with E-state index in [1.807, 2.05) is 18.2 Å². The van der Waals surface area contributed by atoms with Gasteiger partial charge in [-0.25, -0.2) is 0 Å². The fourth-order valence-electron chi connectivity index (χ4n) is 1.58. The summed E-state index contributed by atoms with van der Waals surface area (Å²) in [4.78, 5) is 10.9. The number of carbonyl (C=O) groups is 1. The zero-order chi connectivity index (χ0) is 11.5. The monoisotopic (exact) mass is 334 g/mol. The summed E-state index contributed by atoms with van der Waals surface area (Å²) in [5, 5.41) is 0. The standard InChI is InChI=1S/C12H18N2O.HI/c1-14(2,3)9-11-7-5-4-6-10(11)8-12(13)15;/h4-7H,8-9H2,1-3H3,(H-,13,15);1H. The van der Waals surface area contributed by atoms with E-state index in [1.165, 1.54) is 5.56 Å². The number of quaternary nitrogens is 1. The van der Waals surface area contributed by atoms with E-state index in [9.17, 15) is 4.79 Å². The molecular formula is C12H19IN2O. The average molecular weight is 334 g/mol. The Morgan fingerprint density at radius 3 is 2.12 bits per heavy atom. The average Bonchev–Trinajstić information content (AvgIpc) is 2.05. The van der Waals surface area contributed by atoms with Crippen LogP contribution in [0.2, 0.25) is 0 Å². The largest absolute Gasteiger partial charge is 1.00 e. The molecule has 0 fully saturated rings. The van der Waals surface area contributed by atoms with Gasteiger partial charge in [-0.15, -0.1) is 0 Å². The SMILES string of the molecule is C[N+](C)(C)Cc1ccccc1CC(N)=O.[I-]. The van der Waals surface area contributed by atoms with Crippen LogP contribution in [0.25, 0.3) is 0 Å². The van der Waals surface area contributed by atoms with E-state index in [2.05, 4.69) is 27.2 Å².